The van der Waals surface area contributed by atoms with Gasteiger partial charge in [0, 0.05) is 34.3 Å². The van der Waals surface area contributed by atoms with E-state index in [1.54, 1.807) is 0 Å². The minimum Gasteiger partial charge on any atom is -0.348 e. The topological polar surface area (TPSA) is 58.2 Å². The third-order valence-electron chi connectivity index (χ3n) is 9.01. The summed E-state index contributed by atoms with van der Waals surface area (Å²) >= 11 is 12.9. The largest absolute Gasteiger partial charge is 0.348 e. The van der Waals surface area contributed by atoms with Gasteiger partial charge in [0.1, 0.15) is 13.1 Å². The summed E-state index contributed by atoms with van der Waals surface area (Å²) in [6.45, 7) is 18.2. The maximum absolute atomic E-state index is 12.2. The molecule has 0 spiro atoms. The van der Waals surface area contributed by atoms with Crippen molar-refractivity contribution in [1.29, 1.82) is 0 Å². The Bertz CT molecular complexity index is 1000. The number of hydrogen-bond donors (Lipinski definition) is 2. The van der Waals surface area contributed by atoms with E-state index >= 15 is 0 Å². The molecule has 0 heterocycles. The van der Waals surface area contributed by atoms with Crippen LogP contribution in [-0.4, -0.2) is 73.1 Å². The molecule has 0 aliphatic carbocycles. The van der Waals surface area contributed by atoms with Crippen molar-refractivity contribution in [2.24, 2.45) is 0 Å². The van der Waals surface area contributed by atoms with Crippen LogP contribution < -0.4 is 10.6 Å². The van der Waals surface area contributed by atoms with Crippen LogP contribution in [0.25, 0.3) is 0 Å². The number of halogens is 2. The number of carbonyl (C=O) groups is 2. The first-order valence-corrected chi connectivity index (χ1v) is 16.7. The molecule has 0 saturated heterocycles. The smallest absolute Gasteiger partial charge is 0.309 e. The van der Waals surface area contributed by atoms with Crippen LogP contribution in [0.3, 0.4) is 0 Å². The van der Waals surface area contributed by atoms with E-state index in [9.17, 15) is 9.59 Å². The predicted molar refractivity (Wildman–Crippen MR) is 176 cm³/mol. The standard InChI is InChI=1S/C34H52Cl2N4O2/c1-5-39(6-2,27-29-19-11-13-21-31(29)35)25-17-9-15-23-37-33(41)34(42)38-24-16-10-18-26-40(7-3,8-4)28-30-20-12-14-22-32(30)36/h11-14,19-22H,5-10,15-18,23-28H2,1-4H3/p+2. The molecular formula is C34H54Cl2N4O2+2. The van der Waals surface area contributed by atoms with E-state index in [0.717, 1.165) is 110 Å². The Hall–Kier alpha value is -2.12. The molecule has 0 bridgehead atoms. The highest BCUT2D eigenvalue weighted by atomic mass is 35.5. The molecule has 42 heavy (non-hydrogen) atoms. The van der Waals surface area contributed by atoms with E-state index in [1.165, 1.54) is 11.1 Å². The summed E-state index contributed by atoms with van der Waals surface area (Å²) in [4.78, 5) is 24.5. The minimum absolute atomic E-state index is 0.522. The molecule has 2 N–H and O–H groups in total. The Balaban J connectivity index is 1.61. The Morgan fingerprint density at radius 1 is 0.571 bits per heavy atom. The molecule has 8 heteroatoms. The molecule has 0 aromatic heterocycles. The fourth-order valence-electron chi connectivity index (χ4n) is 5.72. The molecule has 2 aromatic rings. The Labute approximate surface area is 264 Å². The highest BCUT2D eigenvalue weighted by molar-refractivity contribution is 6.35. The van der Waals surface area contributed by atoms with Crippen molar-refractivity contribution in [3.05, 3.63) is 69.7 Å². The van der Waals surface area contributed by atoms with Gasteiger partial charge in [-0.3, -0.25) is 9.59 Å². The van der Waals surface area contributed by atoms with E-state index in [0.29, 0.717) is 13.1 Å². The molecule has 0 atom stereocenters. The van der Waals surface area contributed by atoms with E-state index < -0.39 is 11.8 Å². The van der Waals surface area contributed by atoms with Gasteiger partial charge in [-0.1, -0.05) is 59.6 Å². The predicted octanol–water partition coefficient (Wildman–Crippen LogP) is 6.98. The number of quaternary nitrogens is 2. The van der Waals surface area contributed by atoms with Crippen LogP contribution in [0, 0.1) is 0 Å². The Morgan fingerprint density at radius 3 is 1.26 bits per heavy atom. The lowest BCUT2D eigenvalue weighted by Crippen LogP contribution is -2.47. The fourth-order valence-corrected chi connectivity index (χ4v) is 6.11. The zero-order valence-electron chi connectivity index (χ0n) is 26.4. The zero-order valence-corrected chi connectivity index (χ0v) is 27.9. The lowest BCUT2D eigenvalue weighted by molar-refractivity contribution is -0.938. The van der Waals surface area contributed by atoms with Gasteiger partial charge in [-0.05, 0) is 78.4 Å². The summed E-state index contributed by atoms with van der Waals surface area (Å²) < 4.78 is 1.99. The second kappa shape index (κ2) is 19.2. The molecule has 0 unspecified atom stereocenters. The van der Waals surface area contributed by atoms with Crippen molar-refractivity contribution in [3.8, 4) is 0 Å². The van der Waals surface area contributed by atoms with Crippen LogP contribution in [-0.2, 0) is 22.7 Å². The first-order chi connectivity index (χ1) is 20.2. The van der Waals surface area contributed by atoms with Crippen LogP contribution in [0.15, 0.2) is 48.5 Å². The average Bonchev–Trinajstić information content (AvgIpc) is 3.01. The van der Waals surface area contributed by atoms with Crippen LogP contribution in [0.1, 0.15) is 77.3 Å². The first kappa shape index (κ1) is 36.1. The Morgan fingerprint density at radius 2 is 0.929 bits per heavy atom. The fraction of sp³-hybridized carbons (Fsp3) is 0.588. The Kier molecular flexibility index (Phi) is 16.5. The summed E-state index contributed by atoms with van der Waals surface area (Å²) in [7, 11) is 0. The number of rotatable bonds is 20. The van der Waals surface area contributed by atoms with E-state index in [1.807, 2.05) is 36.4 Å². The number of carbonyl (C=O) groups excluding carboxylic acids is 2. The molecule has 0 radical (unpaired) electrons. The molecule has 2 aromatic carbocycles. The lowest BCUT2D eigenvalue weighted by Gasteiger charge is -2.37. The lowest BCUT2D eigenvalue weighted by atomic mass is 10.1. The number of unbranched alkanes of at least 4 members (excludes halogenated alkanes) is 4. The first-order valence-electron chi connectivity index (χ1n) is 16.0. The van der Waals surface area contributed by atoms with Gasteiger partial charge in [0.15, 0.2) is 0 Å². The van der Waals surface area contributed by atoms with Gasteiger partial charge < -0.3 is 19.6 Å². The average molecular weight is 622 g/mol. The maximum atomic E-state index is 12.2. The van der Waals surface area contributed by atoms with Gasteiger partial charge in [-0.25, -0.2) is 0 Å². The number of amides is 2. The van der Waals surface area contributed by atoms with Crippen molar-refractivity contribution in [2.75, 3.05) is 52.4 Å². The molecule has 0 aliphatic heterocycles. The van der Waals surface area contributed by atoms with Crippen LogP contribution in [0.4, 0.5) is 0 Å². The van der Waals surface area contributed by atoms with Gasteiger partial charge in [0.25, 0.3) is 0 Å². The van der Waals surface area contributed by atoms with Crippen LogP contribution >= 0.6 is 23.2 Å². The number of hydrogen-bond acceptors (Lipinski definition) is 2. The monoisotopic (exact) mass is 620 g/mol. The highest BCUT2D eigenvalue weighted by Crippen LogP contribution is 2.23. The molecule has 234 valence electrons. The van der Waals surface area contributed by atoms with Gasteiger partial charge >= 0.3 is 11.8 Å². The third kappa shape index (κ3) is 11.9. The molecular weight excluding hydrogens is 567 g/mol. The number of nitrogens with one attached hydrogen (secondary N) is 2. The molecule has 0 saturated carbocycles. The summed E-state index contributed by atoms with van der Waals surface area (Å²) in [6, 6.07) is 16.2. The van der Waals surface area contributed by atoms with Crippen molar-refractivity contribution in [2.45, 2.75) is 79.3 Å². The van der Waals surface area contributed by atoms with Crippen molar-refractivity contribution >= 4 is 35.0 Å². The van der Waals surface area contributed by atoms with Crippen molar-refractivity contribution in [1.82, 2.24) is 10.6 Å². The second-order valence-electron chi connectivity index (χ2n) is 11.5. The van der Waals surface area contributed by atoms with E-state index in [4.69, 9.17) is 23.2 Å². The van der Waals surface area contributed by atoms with Gasteiger partial charge in [0.05, 0.1) is 39.3 Å². The highest BCUT2D eigenvalue weighted by Gasteiger charge is 2.25. The summed E-state index contributed by atoms with van der Waals surface area (Å²) in [5.74, 6) is -1.07. The van der Waals surface area contributed by atoms with E-state index in [2.05, 4.69) is 50.5 Å². The van der Waals surface area contributed by atoms with Crippen molar-refractivity contribution < 1.29 is 18.6 Å². The zero-order chi connectivity index (χ0) is 30.8. The summed E-state index contributed by atoms with van der Waals surface area (Å²) in [5.41, 5.74) is 2.40. The van der Waals surface area contributed by atoms with Crippen molar-refractivity contribution in [3.63, 3.8) is 0 Å². The summed E-state index contributed by atoms with van der Waals surface area (Å²) in [5, 5.41) is 7.24. The normalized spacial score (nSPS) is 11.9. The molecule has 0 aliphatic rings. The van der Waals surface area contributed by atoms with E-state index in [-0.39, 0.29) is 0 Å². The van der Waals surface area contributed by atoms with Crippen LogP contribution in [0.2, 0.25) is 10.0 Å². The SMILES string of the molecule is CC[N+](CC)(CCCCCNC(=O)C(=O)NCCCCC[N+](CC)(CC)Cc1ccccc1Cl)Cc1ccccc1Cl. The number of nitrogens with zero attached hydrogens (tertiary/aromatic N) is 2. The molecule has 0 fully saturated rings. The second-order valence-corrected chi connectivity index (χ2v) is 12.3. The van der Waals surface area contributed by atoms with Gasteiger partial charge in [0.2, 0.25) is 0 Å². The molecule has 2 rings (SSSR count). The maximum Gasteiger partial charge on any atom is 0.309 e. The van der Waals surface area contributed by atoms with Crippen LogP contribution in [0.5, 0.6) is 0 Å². The van der Waals surface area contributed by atoms with Gasteiger partial charge in [-0.15, -0.1) is 0 Å². The van der Waals surface area contributed by atoms with Gasteiger partial charge in [-0.2, -0.15) is 0 Å². The number of benzene rings is 2. The minimum atomic E-state index is -0.534. The third-order valence-corrected chi connectivity index (χ3v) is 9.74. The molecule has 2 amide bonds. The summed E-state index contributed by atoms with van der Waals surface area (Å²) in [6.07, 6.45) is 5.89. The quantitative estimate of drug-likeness (QED) is 0.0953. The molecule has 6 nitrogen and oxygen atoms in total.